The Bertz CT molecular complexity index is 951. The van der Waals surface area contributed by atoms with Gasteiger partial charge in [-0.1, -0.05) is 60.7 Å². The Labute approximate surface area is 186 Å². The second kappa shape index (κ2) is 9.30. The summed E-state index contributed by atoms with van der Waals surface area (Å²) in [6.45, 7) is 0.205. The Morgan fingerprint density at radius 3 is 1.88 bits per heavy atom. The van der Waals surface area contributed by atoms with E-state index in [1.165, 1.54) is 0 Å². The Morgan fingerprint density at radius 2 is 1.38 bits per heavy atom. The number of hydrogen-bond donors (Lipinski definition) is 2. The Hall–Kier alpha value is -3.55. The second-order valence-electron chi connectivity index (χ2n) is 8.31. The van der Waals surface area contributed by atoms with Crippen molar-refractivity contribution in [3.63, 3.8) is 0 Å². The van der Waals surface area contributed by atoms with Crippen molar-refractivity contribution in [2.24, 2.45) is 0 Å². The minimum Gasteiger partial charge on any atom is -0.480 e. The van der Waals surface area contributed by atoms with Crippen molar-refractivity contribution in [2.45, 2.75) is 56.5 Å². The fourth-order valence-electron chi connectivity index (χ4n) is 4.63. The molecule has 2 saturated heterocycles. The Morgan fingerprint density at radius 1 is 0.875 bits per heavy atom. The van der Waals surface area contributed by atoms with E-state index in [1.54, 1.807) is 4.90 Å². The van der Waals surface area contributed by atoms with Crippen LogP contribution < -0.4 is 5.32 Å². The molecule has 2 fully saturated rings. The number of benzene rings is 2. The van der Waals surface area contributed by atoms with Crippen molar-refractivity contribution in [3.05, 3.63) is 71.8 Å². The van der Waals surface area contributed by atoms with Gasteiger partial charge in [-0.25, -0.2) is 14.4 Å². The number of hydrogen-bond acceptors (Lipinski definition) is 5. The molecule has 8 heteroatoms. The number of carbonyl (C=O) groups excluding carboxylic acids is 2. The molecule has 4 rings (SSSR count). The van der Waals surface area contributed by atoms with Gasteiger partial charge in [0.05, 0.1) is 0 Å². The number of carboxylic acid groups (broad SMARTS) is 1. The lowest BCUT2D eigenvalue weighted by Crippen LogP contribution is -2.64. The first kappa shape index (κ1) is 21.7. The number of nitrogens with zero attached hydrogens (tertiary/aromatic N) is 1. The number of carbonyl (C=O) groups is 3. The number of amides is 2. The van der Waals surface area contributed by atoms with Crippen LogP contribution in [0.2, 0.25) is 0 Å². The van der Waals surface area contributed by atoms with Crippen molar-refractivity contribution in [2.75, 3.05) is 0 Å². The average molecular weight is 438 g/mol. The molecule has 0 spiro atoms. The van der Waals surface area contributed by atoms with Gasteiger partial charge in [0.2, 0.25) is 0 Å². The van der Waals surface area contributed by atoms with E-state index in [0.29, 0.717) is 12.8 Å². The molecule has 2 unspecified atom stereocenters. The highest BCUT2D eigenvalue weighted by Gasteiger charge is 2.55. The van der Waals surface area contributed by atoms with Crippen LogP contribution in [0.3, 0.4) is 0 Å². The monoisotopic (exact) mass is 438 g/mol. The normalized spacial score (nSPS) is 23.9. The minimum atomic E-state index is -1.48. The summed E-state index contributed by atoms with van der Waals surface area (Å²) in [5.41, 5.74) is 0.214. The summed E-state index contributed by atoms with van der Waals surface area (Å²) in [6, 6.07) is 17.9. The Balaban J connectivity index is 1.38. The second-order valence-corrected chi connectivity index (χ2v) is 8.31. The predicted octanol–water partition coefficient (Wildman–Crippen LogP) is 3.70. The molecule has 2 aliphatic rings. The topological polar surface area (TPSA) is 105 Å². The van der Waals surface area contributed by atoms with Crippen molar-refractivity contribution in [1.29, 1.82) is 0 Å². The van der Waals surface area contributed by atoms with Crippen LogP contribution in [-0.2, 0) is 27.5 Å². The van der Waals surface area contributed by atoms with Crippen LogP contribution in [0.1, 0.15) is 36.8 Å². The lowest BCUT2D eigenvalue weighted by molar-refractivity contribution is -0.148. The number of nitrogens with one attached hydrogen (secondary N) is 1. The first-order valence-corrected chi connectivity index (χ1v) is 10.7. The molecule has 0 aliphatic carbocycles. The molecule has 2 aromatic carbocycles. The SMILES string of the molecule is O=C(NC1(C(=O)O)CC2CCC(C1)N2C(=O)OCc1ccccc1)OCc1ccccc1. The molecule has 2 amide bonds. The van der Waals surface area contributed by atoms with E-state index in [0.717, 1.165) is 11.1 Å². The first-order valence-electron chi connectivity index (χ1n) is 10.7. The zero-order valence-corrected chi connectivity index (χ0v) is 17.6. The summed E-state index contributed by atoms with van der Waals surface area (Å²) in [5, 5.41) is 12.5. The summed E-state index contributed by atoms with van der Waals surface area (Å²) in [7, 11) is 0. The first-order chi connectivity index (χ1) is 15.5. The van der Waals surface area contributed by atoms with Crippen molar-refractivity contribution < 1.29 is 29.0 Å². The number of fused-ring (bicyclic) bond motifs is 2. The number of alkyl carbamates (subject to hydrolysis) is 1. The standard InChI is InChI=1S/C24H26N2O6/c27-21(28)24(25-22(29)31-15-17-7-3-1-4-8-17)13-19-11-12-20(14-24)26(19)23(30)32-16-18-9-5-2-6-10-18/h1-10,19-20H,11-16H2,(H,25,29)(H,27,28). The number of rotatable bonds is 6. The molecule has 168 valence electrons. The van der Waals surface area contributed by atoms with Gasteiger partial charge in [-0.2, -0.15) is 0 Å². The molecular weight excluding hydrogens is 412 g/mol. The molecule has 2 N–H and O–H groups in total. The molecule has 32 heavy (non-hydrogen) atoms. The van der Waals surface area contributed by atoms with Crippen molar-refractivity contribution in [1.82, 2.24) is 10.2 Å². The maximum absolute atomic E-state index is 12.7. The highest BCUT2D eigenvalue weighted by Crippen LogP contribution is 2.41. The van der Waals surface area contributed by atoms with Gasteiger partial charge in [-0.15, -0.1) is 0 Å². The largest absolute Gasteiger partial charge is 0.480 e. The van der Waals surface area contributed by atoms with Crippen LogP contribution in [-0.4, -0.2) is 45.8 Å². The number of carboxylic acids is 1. The van der Waals surface area contributed by atoms with Crippen molar-refractivity contribution in [3.8, 4) is 0 Å². The molecular formula is C24H26N2O6. The fraction of sp³-hybridized carbons (Fsp3) is 0.375. The van der Waals surface area contributed by atoms with Gasteiger partial charge in [-0.05, 0) is 24.0 Å². The van der Waals surface area contributed by atoms with Crippen LogP contribution in [0.25, 0.3) is 0 Å². The summed E-state index contributed by atoms with van der Waals surface area (Å²) in [6.07, 6.45) is 0.323. The molecule has 0 saturated carbocycles. The summed E-state index contributed by atoms with van der Waals surface area (Å²) in [4.78, 5) is 39.0. The number of piperidine rings is 1. The third-order valence-corrected chi connectivity index (χ3v) is 6.17. The fourth-order valence-corrected chi connectivity index (χ4v) is 4.63. The van der Waals surface area contributed by atoms with E-state index in [2.05, 4.69) is 5.32 Å². The zero-order chi connectivity index (χ0) is 22.6. The molecule has 8 nitrogen and oxygen atoms in total. The predicted molar refractivity (Wildman–Crippen MR) is 115 cm³/mol. The van der Waals surface area contributed by atoms with E-state index in [1.807, 2.05) is 60.7 Å². The molecule has 2 aromatic rings. The average Bonchev–Trinajstić information content (AvgIpc) is 3.08. The summed E-state index contributed by atoms with van der Waals surface area (Å²) in [5.74, 6) is -1.12. The van der Waals surface area contributed by atoms with Gasteiger partial charge >= 0.3 is 18.2 Å². The van der Waals surface area contributed by atoms with Gasteiger partial charge in [0.25, 0.3) is 0 Å². The maximum Gasteiger partial charge on any atom is 0.410 e. The molecule has 2 aliphatic heterocycles. The molecule has 0 aromatic heterocycles. The van der Waals surface area contributed by atoms with Crippen LogP contribution in [0.4, 0.5) is 9.59 Å². The number of aliphatic carboxylic acids is 1. The third kappa shape index (κ3) is 4.69. The van der Waals surface area contributed by atoms with E-state index in [9.17, 15) is 19.5 Å². The van der Waals surface area contributed by atoms with Gasteiger partial charge < -0.3 is 24.8 Å². The van der Waals surface area contributed by atoms with Gasteiger partial charge in [0, 0.05) is 24.9 Å². The lowest BCUT2D eigenvalue weighted by Gasteiger charge is -2.43. The third-order valence-electron chi connectivity index (χ3n) is 6.17. The van der Waals surface area contributed by atoms with Crippen LogP contribution in [0.5, 0.6) is 0 Å². The van der Waals surface area contributed by atoms with E-state index in [4.69, 9.17) is 9.47 Å². The van der Waals surface area contributed by atoms with Crippen molar-refractivity contribution >= 4 is 18.2 Å². The van der Waals surface area contributed by atoms with E-state index < -0.39 is 23.7 Å². The van der Waals surface area contributed by atoms with Gasteiger partial charge in [0.1, 0.15) is 18.8 Å². The number of ether oxygens (including phenoxy) is 2. The smallest absolute Gasteiger partial charge is 0.410 e. The van der Waals surface area contributed by atoms with Crippen LogP contribution in [0.15, 0.2) is 60.7 Å². The van der Waals surface area contributed by atoms with E-state index >= 15 is 0 Å². The molecule has 2 heterocycles. The highest BCUT2D eigenvalue weighted by atomic mass is 16.6. The molecule has 2 atom stereocenters. The zero-order valence-electron chi connectivity index (χ0n) is 17.6. The van der Waals surface area contributed by atoms with Crippen LogP contribution >= 0.6 is 0 Å². The van der Waals surface area contributed by atoms with E-state index in [-0.39, 0.29) is 38.1 Å². The van der Waals surface area contributed by atoms with Gasteiger partial charge in [-0.3, -0.25) is 0 Å². The quantitative estimate of drug-likeness (QED) is 0.713. The minimum absolute atomic E-state index is 0.0488. The molecule has 0 radical (unpaired) electrons. The highest BCUT2D eigenvalue weighted by molar-refractivity contribution is 5.85. The lowest BCUT2D eigenvalue weighted by atomic mass is 9.83. The summed E-state index contributed by atoms with van der Waals surface area (Å²) >= 11 is 0. The van der Waals surface area contributed by atoms with Gasteiger partial charge in [0.15, 0.2) is 0 Å². The Kier molecular flexibility index (Phi) is 6.30. The summed E-state index contributed by atoms with van der Waals surface area (Å²) < 4.78 is 10.7. The maximum atomic E-state index is 12.7. The molecule has 2 bridgehead atoms. The van der Waals surface area contributed by atoms with Crippen LogP contribution in [0, 0.1) is 0 Å².